The van der Waals surface area contributed by atoms with E-state index in [0.717, 1.165) is 16.5 Å². The fraction of sp³-hybridized carbons (Fsp3) is 0.278. The highest BCUT2D eigenvalue weighted by atomic mass is 31.2. The lowest BCUT2D eigenvalue weighted by Gasteiger charge is -2.19. The molecule has 0 unspecified atom stereocenters. The van der Waals surface area contributed by atoms with Gasteiger partial charge in [0.25, 0.3) is 0 Å². The van der Waals surface area contributed by atoms with Crippen molar-refractivity contribution in [2.75, 3.05) is 13.2 Å². The Morgan fingerprint density at radius 2 is 1.80 bits per heavy atom. The van der Waals surface area contributed by atoms with E-state index >= 15 is 0 Å². The number of aromatic nitrogens is 1. The van der Waals surface area contributed by atoms with Gasteiger partial charge in [0.1, 0.15) is 0 Å². The number of phenolic OH excluding ortho intramolecular Hbond substituents is 1. The van der Waals surface area contributed by atoms with Crippen molar-refractivity contribution < 1.29 is 23.2 Å². The van der Waals surface area contributed by atoms with E-state index in [-0.39, 0.29) is 24.7 Å². The van der Waals surface area contributed by atoms with E-state index in [4.69, 9.17) is 13.6 Å². The van der Waals surface area contributed by atoms with Crippen molar-refractivity contribution in [2.45, 2.75) is 20.8 Å². The van der Waals surface area contributed by atoms with E-state index in [0.29, 0.717) is 10.9 Å². The summed E-state index contributed by atoms with van der Waals surface area (Å²) >= 11 is 0. The summed E-state index contributed by atoms with van der Waals surface area (Å²) in [4.78, 5) is 4.60. The summed E-state index contributed by atoms with van der Waals surface area (Å²) in [6.45, 7) is 5.56. The second-order valence-electron chi connectivity index (χ2n) is 5.49. The van der Waals surface area contributed by atoms with Crippen LogP contribution in [0.25, 0.3) is 21.8 Å². The zero-order valence-electron chi connectivity index (χ0n) is 14.4. The quantitative estimate of drug-likeness (QED) is 0.494. The summed E-state index contributed by atoms with van der Waals surface area (Å²) in [5, 5.41) is 12.0. The van der Waals surface area contributed by atoms with E-state index in [9.17, 15) is 9.67 Å². The molecule has 0 atom stereocenters. The van der Waals surface area contributed by atoms with Crippen molar-refractivity contribution in [3.05, 3.63) is 42.0 Å². The molecule has 25 heavy (non-hydrogen) atoms. The SMILES string of the molecule is CCOP(=O)(OCC)Oc1cc(C)c2nc3ccccc3cc2c1O. The van der Waals surface area contributed by atoms with Crippen molar-refractivity contribution in [3.63, 3.8) is 0 Å². The average molecular weight is 361 g/mol. The predicted octanol–water partition coefficient (Wildman–Crippen LogP) is 4.96. The first-order chi connectivity index (χ1) is 12.0. The number of aromatic hydroxyl groups is 1. The molecule has 0 spiro atoms. The topological polar surface area (TPSA) is 77.9 Å². The van der Waals surface area contributed by atoms with Gasteiger partial charge < -0.3 is 9.63 Å². The molecule has 0 fully saturated rings. The zero-order chi connectivity index (χ0) is 18.0. The molecule has 0 aliphatic carbocycles. The molecule has 0 radical (unpaired) electrons. The van der Waals surface area contributed by atoms with Crippen molar-refractivity contribution in [1.82, 2.24) is 4.98 Å². The van der Waals surface area contributed by atoms with Crippen LogP contribution < -0.4 is 4.52 Å². The minimum absolute atomic E-state index is 0.0484. The lowest BCUT2D eigenvalue weighted by atomic mass is 10.1. The van der Waals surface area contributed by atoms with Crippen molar-refractivity contribution in [2.24, 2.45) is 0 Å². The summed E-state index contributed by atoms with van der Waals surface area (Å²) in [6, 6.07) is 11.1. The number of hydrogen-bond donors (Lipinski definition) is 1. The van der Waals surface area contributed by atoms with Gasteiger partial charge in [0, 0.05) is 10.8 Å². The van der Waals surface area contributed by atoms with Crippen LogP contribution >= 0.6 is 7.82 Å². The Balaban J connectivity index is 2.15. The number of aryl methyl sites for hydroxylation is 1. The Kier molecular flexibility index (Phi) is 4.95. The number of fused-ring (bicyclic) bond motifs is 2. The Morgan fingerprint density at radius 1 is 1.12 bits per heavy atom. The molecule has 0 amide bonds. The number of phenols is 1. The van der Waals surface area contributed by atoms with Crippen LogP contribution in [0.5, 0.6) is 11.5 Å². The number of phosphoric acid groups is 1. The molecule has 6 nitrogen and oxygen atoms in total. The second-order valence-corrected chi connectivity index (χ2v) is 7.08. The van der Waals surface area contributed by atoms with Gasteiger partial charge in [0.15, 0.2) is 11.5 Å². The normalized spacial score (nSPS) is 12.0. The Hall–Kier alpha value is -2.14. The highest BCUT2D eigenvalue weighted by Gasteiger charge is 2.29. The first-order valence-corrected chi connectivity index (χ1v) is 9.54. The third-order valence-corrected chi connectivity index (χ3v) is 5.29. The van der Waals surface area contributed by atoms with Gasteiger partial charge in [-0.15, -0.1) is 0 Å². The molecule has 0 saturated carbocycles. The van der Waals surface area contributed by atoms with E-state index in [1.165, 1.54) is 0 Å². The number of pyridine rings is 1. The van der Waals surface area contributed by atoms with Crippen LogP contribution in [0, 0.1) is 6.92 Å². The van der Waals surface area contributed by atoms with Crippen LogP contribution in [0.15, 0.2) is 36.4 Å². The molecule has 132 valence electrons. The Morgan fingerprint density at radius 3 is 2.48 bits per heavy atom. The second kappa shape index (κ2) is 7.00. The molecule has 0 bridgehead atoms. The van der Waals surface area contributed by atoms with Gasteiger partial charge >= 0.3 is 7.82 Å². The third kappa shape index (κ3) is 3.47. The van der Waals surface area contributed by atoms with Crippen LogP contribution in [0.3, 0.4) is 0 Å². The third-order valence-electron chi connectivity index (χ3n) is 3.72. The molecule has 1 heterocycles. The van der Waals surface area contributed by atoms with E-state index in [1.54, 1.807) is 19.9 Å². The molecule has 1 aromatic heterocycles. The lowest BCUT2D eigenvalue weighted by Crippen LogP contribution is -2.03. The number of para-hydroxylation sites is 1. The minimum atomic E-state index is -3.79. The van der Waals surface area contributed by atoms with Crippen molar-refractivity contribution in [3.8, 4) is 11.5 Å². The summed E-state index contributed by atoms with van der Waals surface area (Å²) in [5.41, 5.74) is 2.28. The van der Waals surface area contributed by atoms with E-state index < -0.39 is 7.82 Å². The molecular formula is C18H20NO5P. The highest BCUT2D eigenvalue weighted by molar-refractivity contribution is 7.48. The van der Waals surface area contributed by atoms with Gasteiger partial charge in [-0.2, -0.15) is 0 Å². The maximum atomic E-state index is 12.6. The maximum absolute atomic E-state index is 12.6. The molecule has 2 aromatic carbocycles. The summed E-state index contributed by atoms with van der Waals surface area (Å²) < 4.78 is 28.3. The van der Waals surface area contributed by atoms with Crippen LogP contribution in [0.2, 0.25) is 0 Å². The molecule has 3 aromatic rings. The monoisotopic (exact) mass is 361 g/mol. The minimum Gasteiger partial charge on any atom is -0.504 e. The molecule has 1 N–H and O–H groups in total. The van der Waals surface area contributed by atoms with Gasteiger partial charge in [0.05, 0.1) is 24.2 Å². The van der Waals surface area contributed by atoms with Crippen LogP contribution in [-0.2, 0) is 13.6 Å². The van der Waals surface area contributed by atoms with Gasteiger partial charge in [-0.1, -0.05) is 18.2 Å². The van der Waals surface area contributed by atoms with E-state index in [1.807, 2.05) is 37.3 Å². The van der Waals surface area contributed by atoms with Gasteiger partial charge in [-0.25, -0.2) is 9.55 Å². The number of hydrogen-bond acceptors (Lipinski definition) is 6. The molecule has 7 heteroatoms. The average Bonchev–Trinajstić information content (AvgIpc) is 2.58. The summed E-state index contributed by atoms with van der Waals surface area (Å²) in [7, 11) is -3.79. The van der Waals surface area contributed by atoms with Crippen LogP contribution in [0.4, 0.5) is 0 Å². The fourth-order valence-corrected chi connectivity index (χ4v) is 3.85. The number of nitrogens with zero attached hydrogens (tertiary/aromatic N) is 1. The highest BCUT2D eigenvalue weighted by Crippen LogP contribution is 2.52. The predicted molar refractivity (Wildman–Crippen MR) is 97.1 cm³/mol. The molecule has 0 saturated heterocycles. The van der Waals surface area contributed by atoms with Gasteiger partial charge in [0.2, 0.25) is 0 Å². The van der Waals surface area contributed by atoms with Crippen molar-refractivity contribution >= 4 is 29.6 Å². The first-order valence-electron chi connectivity index (χ1n) is 8.08. The van der Waals surface area contributed by atoms with Crippen molar-refractivity contribution in [1.29, 1.82) is 0 Å². The zero-order valence-corrected chi connectivity index (χ0v) is 15.2. The standard InChI is InChI=1S/C18H20NO5P/c1-4-22-25(21,23-5-2)24-16-10-12(3)17-14(18(16)20)11-13-8-6-7-9-15(13)19-17/h6-11,20H,4-5H2,1-3H3. The lowest BCUT2D eigenvalue weighted by molar-refractivity contribution is 0.166. The van der Waals surface area contributed by atoms with E-state index in [2.05, 4.69) is 4.98 Å². The van der Waals surface area contributed by atoms with Crippen LogP contribution in [-0.4, -0.2) is 23.3 Å². The summed E-state index contributed by atoms with van der Waals surface area (Å²) in [6.07, 6.45) is 0. The number of rotatable bonds is 6. The molecule has 0 aliphatic rings. The fourth-order valence-electron chi connectivity index (χ4n) is 2.66. The van der Waals surface area contributed by atoms with Crippen LogP contribution in [0.1, 0.15) is 19.4 Å². The number of benzene rings is 2. The van der Waals surface area contributed by atoms with Gasteiger partial charge in [-0.3, -0.25) is 9.05 Å². The Labute approximate surface area is 146 Å². The number of phosphoric ester groups is 1. The first kappa shape index (κ1) is 17.7. The largest absolute Gasteiger partial charge is 0.530 e. The summed E-state index contributed by atoms with van der Waals surface area (Å²) in [5.74, 6) is -0.0919. The molecular weight excluding hydrogens is 341 g/mol. The molecule has 0 aliphatic heterocycles. The Bertz CT molecular complexity index is 962. The van der Waals surface area contributed by atoms with Gasteiger partial charge in [-0.05, 0) is 44.5 Å². The smallest absolute Gasteiger partial charge is 0.504 e. The maximum Gasteiger partial charge on any atom is 0.530 e. The molecule has 3 rings (SSSR count).